The number of nitrogens with one attached hydrogen (secondary N) is 3. The average molecular weight is 1310 g/mol. The first kappa shape index (κ1) is 83.5. The zero-order valence-electron chi connectivity index (χ0n) is 58.9. The van der Waals surface area contributed by atoms with E-state index in [4.69, 9.17) is 23.3 Å². The Morgan fingerprint density at radius 3 is 1.20 bits per heavy atom. The van der Waals surface area contributed by atoms with Crippen molar-refractivity contribution < 1.29 is 72.3 Å². The molecule has 0 aliphatic carbocycles. The summed E-state index contributed by atoms with van der Waals surface area (Å²) in [6.45, 7) is 29.1. The molecule has 0 aromatic carbocycles. The maximum Gasteiger partial charge on any atom is 0.474 e. The monoisotopic (exact) mass is 1310 g/mol. The summed E-state index contributed by atoms with van der Waals surface area (Å²) < 4.78 is 41.4. The molecule has 2 heterocycles. The van der Waals surface area contributed by atoms with Crippen molar-refractivity contribution in [1.82, 2.24) is 16.0 Å². The molecule has 0 saturated carbocycles. The van der Waals surface area contributed by atoms with Crippen molar-refractivity contribution in [3.8, 4) is 0 Å². The Balaban J connectivity index is 1.74. The summed E-state index contributed by atoms with van der Waals surface area (Å²) in [5.74, 6) is -2.92. The van der Waals surface area contributed by atoms with Crippen LogP contribution in [0.25, 0.3) is 0 Å². The molecular weight excluding hydrogens is 1190 g/mol. The normalized spacial score (nSPS) is 24.6. The van der Waals surface area contributed by atoms with E-state index >= 15 is 0 Å². The largest absolute Gasteiger partial charge is 0.479 e. The van der Waals surface area contributed by atoms with Gasteiger partial charge in [-0.05, 0) is 209 Å². The number of amides is 3. The SMILES string of the molecule is CC(=O)N[C@H]1[C@H](O[C@H]2[C@H](O)[C@@H](CO)O[C@H](OP(=O)(O)OCCC(C)CC/C=C(/C)CC/C=C(/C)CC/C=C(/C)CC/C=C(/C)CC/C=C(/C)CC/C=C(/C)CC/C=C(/C)CC/C=C(\C)CC/C=C(\C)CCCC(C)C)[C@@H]2NC(C)=O)O[C@H](C(=O)O)[C@@H](O)[C@@H]1NC(C)=O. The second kappa shape index (κ2) is 45.7. The highest BCUT2D eigenvalue weighted by Crippen LogP contribution is 2.47. The van der Waals surface area contributed by atoms with Crippen LogP contribution in [0.15, 0.2) is 105 Å². The van der Waals surface area contributed by atoms with Crippen molar-refractivity contribution in [3.63, 3.8) is 0 Å². The molecule has 2 rings (SSSR count). The van der Waals surface area contributed by atoms with Crippen LogP contribution in [-0.4, -0.2) is 123 Å². The molecule has 3 amide bonds. The lowest BCUT2D eigenvalue weighted by atomic mass is 9.92. The van der Waals surface area contributed by atoms with Crippen LogP contribution in [0.4, 0.5) is 0 Å². The van der Waals surface area contributed by atoms with Crippen LogP contribution in [0.1, 0.15) is 245 Å². The summed E-state index contributed by atoms with van der Waals surface area (Å²) in [6, 6.07) is -4.62. The van der Waals surface area contributed by atoms with Gasteiger partial charge in [0.1, 0.15) is 36.5 Å². The van der Waals surface area contributed by atoms with E-state index in [1.807, 2.05) is 6.92 Å². The van der Waals surface area contributed by atoms with Gasteiger partial charge >= 0.3 is 13.8 Å². The van der Waals surface area contributed by atoms with Crippen molar-refractivity contribution in [3.05, 3.63) is 105 Å². The highest BCUT2D eigenvalue weighted by Gasteiger charge is 2.55. The standard InChI is InChI=1S/C73H122N3O15P/c1-49(2)26-16-27-50(3)28-17-29-51(4)30-18-31-52(5)32-19-33-53(6)34-20-35-54(7)36-21-37-55(8)38-22-39-56(9)40-23-41-57(10)42-24-43-58(11)44-25-45-59(12)46-47-87-92(85,86)91-73-66(76-62(15)80)69(67(81)63(48-77)88-73)89-72-65(75-61(14)79)64(74-60(13)78)68(82)70(90-72)71(83)84/h28,30,32,34,36,38,40,42,44,49,59,63-70,72-73,77,81-82H,16-27,29,31,33,35,37,39,41,43,45-48H2,1-15H3,(H,74,78)(H,75,79)(H,76,80)(H,83,84)(H,85,86)/b50-28+,51-30+,52-32-,53-34-,54-36-,55-38-,56-40-,57-42-,58-44-/t59?,63-,64-,65-,66-,67-,68+,69-,70+,72-,73-/m1/s1. The first-order chi connectivity index (χ1) is 43.4. The molecule has 19 heteroatoms. The maximum atomic E-state index is 13.4. The van der Waals surface area contributed by atoms with E-state index < -0.39 is 99.3 Å². The first-order valence-corrected chi connectivity index (χ1v) is 35.4. The van der Waals surface area contributed by atoms with Gasteiger partial charge in [0.25, 0.3) is 0 Å². The van der Waals surface area contributed by atoms with Crippen LogP contribution in [-0.2, 0) is 47.0 Å². The van der Waals surface area contributed by atoms with E-state index in [0.717, 1.165) is 136 Å². The number of ether oxygens (including phenoxy) is 3. The second-order valence-corrected chi connectivity index (χ2v) is 28.1. The van der Waals surface area contributed by atoms with Crippen LogP contribution in [0.5, 0.6) is 0 Å². The van der Waals surface area contributed by atoms with Crippen LogP contribution in [0, 0.1) is 11.8 Å². The molecule has 2 saturated heterocycles. The molecule has 2 fully saturated rings. The fourth-order valence-corrected chi connectivity index (χ4v) is 12.1. The van der Waals surface area contributed by atoms with E-state index in [9.17, 15) is 49.1 Å². The van der Waals surface area contributed by atoms with Crippen molar-refractivity contribution in [2.24, 2.45) is 11.8 Å². The summed E-state index contributed by atoms with van der Waals surface area (Å²) in [4.78, 5) is 60.0. The number of carboxylic acid groups (broad SMARTS) is 1. The number of hydrogen-bond donors (Lipinski definition) is 8. The Bertz CT molecular complexity index is 2600. The van der Waals surface area contributed by atoms with Gasteiger partial charge in [-0.3, -0.25) is 23.4 Å². The Morgan fingerprint density at radius 2 is 0.837 bits per heavy atom. The number of rotatable bonds is 44. The molecule has 0 spiro atoms. The Morgan fingerprint density at radius 1 is 0.478 bits per heavy atom. The van der Waals surface area contributed by atoms with E-state index in [1.165, 1.54) is 70.3 Å². The third-order valence-electron chi connectivity index (χ3n) is 17.0. The number of carboxylic acids is 1. The van der Waals surface area contributed by atoms with Crippen molar-refractivity contribution in [2.45, 2.75) is 306 Å². The van der Waals surface area contributed by atoms with Crippen LogP contribution >= 0.6 is 7.82 Å². The molecule has 2 aliphatic heterocycles. The molecule has 0 aromatic rings. The number of hydrogen-bond acceptors (Lipinski definition) is 13. The van der Waals surface area contributed by atoms with Crippen LogP contribution in [0.3, 0.4) is 0 Å². The minimum absolute atomic E-state index is 0.0898. The quantitative estimate of drug-likeness (QED) is 0.0208. The first-order valence-electron chi connectivity index (χ1n) is 33.9. The maximum absolute atomic E-state index is 13.4. The van der Waals surface area contributed by atoms with Gasteiger partial charge < -0.3 is 55.5 Å². The second-order valence-electron chi connectivity index (χ2n) is 26.7. The molecule has 8 N–H and O–H groups in total. The molecule has 18 nitrogen and oxygen atoms in total. The van der Waals surface area contributed by atoms with Gasteiger partial charge in [-0.15, -0.1) is 0 Å². The van der Waals surface area contributed by atoms with Gasteiger partial charge in [0.2, 0.25) is 17.7 Å². The summed E-state index contributed by atoms with van der Waals surface area (Å²) in [5, 5.41) is 49.5. The topological polar surface area (TPSA) is 269 Å². The van der Waals surface area contributed by atoms with Gasteiger partial charge in [0.05, 0.1) is 19.3 Å². The molecule has 12 atom stereocenters. The van der Waals surface area contributed by atoms with E-state index in [-0.39, 0.29) is 12.5 Å². The summed E-state index contributed by atoms with van der Waals surface area (Å²) >= 11 is 0. The van der Waals surface area contributed by atoms with Crippen molar-refractivity contribution in [2.75, 3.05) is 13.2 Å². The summed E-state index contributed by atoms with van der Waals surface area (Å²) in [7, 11) is -4.98. The minimum Gasteiger partial charge on any atom is -0.479 e. The van der Waals surface area contributed by atoms with Crippen LogP contribution < -0.4 is 16.0 Å². The van der Waals surface area contributed by atoms with E-state index in [0.29, 0.717) is 6.42 Å². The fourth-order valence-electron chi connectivity index (χ4n) is 11.2. The summed E-state index contributed by atoms with van der Waals surface area (Å²) in [5.41, 5.74) is 13.1. The smallest absolute Gasteiger partial charge is 0.474 e. The molecule has 2 unspecified atom stereocenters. The molecular formula is C73H122N3O15P. The molecule has 0 bridgehead atoms. The number of carbonyl (C=O) groups excluding carboxylic acids is 3. The van der Waals surface area contributed by atoms with Gasteiger partial charge in [0, 0.05) is 20.8 Å². The lowest BCUT2D eigenvalue weighted by molar-refractivity contribution is -0.309. The van der Waals surface area contributed by atoms with Gasteiger partial charge in [-0.2, -0.15) is 0 Å². The number of aliphatic hydroxyl groups excluding tert-OH is 3. The van der Waals surface area contributed by atoms with Crippen LogP contribution in [0.2, 0.25) is 0 Å². The van der Waals surface area contributed by atoms with Crippen molar-refractivity contribution >= 4 is 31.5 Å². The third kappa shape index (κ3) is 36.3. The average Bonchev–Trinajstić information content (AvgIpc) is 1.36. The molecule has 524 valence electrons. The Kier molecular flexibility index (Phi) is 41.5. The van der Waals surface area contributed by atoms with Crippen molar-refractivity contribution in [1.29, 1.82) is 0 Å². The number of carbonyl (C=O) groups is 4. The number of phosphoric acid groups is 1. The lowest BCUT2D eigenvalue weighted by Gasteiger charge is -2.48. The molecule has 0 radical (unpaired) electrons. The van der Waals surface area contributed by atoms with E-state index in [1.54, 1.807) is 5.57 Å². The number of aliphatic carboxylic acids is 1. The predicted molar refractivity (Wildman–Crippen MR) is 368 cm³/mol. The number of aliphatic hydroxyl groups is 3. The van der Waals surface area contributed by atoms with Gasteiger partial charge in [-0.1, -0.05) is 132 Å². The summed E-state index contributed by atoms with van der Waals surface area (Å²) in [6.07, 6.45) is 32.0. The fraction of sp³-hybridized carbons (Fsp3) is 0.699. The third-order valence-corrected chi connectivity index (χ3v) is 18.0. The minimum atomic E-state index is -4.98. The number of allylic oxidation sites excluding steroid dienone is 18. The Hall–Kier alpha value is -4.59. The van der Waals surface area contributed by atoms with Gasteiger partial charge in [-0.25, -0.2) is 9.36 Å². The highest BCUT2D eigenvalue weighted by molar-refractivity contribution is 7.47. The predicted octanol–water partition coefficient (Wildman–Crippen LogP) is 14.7. The molecule has 92 heavy (non-hydrogen) atoms. The zero-order chi connectivity index (χ0) is 68.9. The van der Waals surface area contributed by atoms with E-state index in [2.05, 4.69) is 147 Å². The van der Waals surface area contributed by atoms with Gasteiger partial charge in [0.15, 0.2) is 18.7 Å². The zero-order valence-corrected chi connectivity index (χ0v) is 59.8. The highest BCUT2D eigenvalue weighted by atomic mass is 31.2. The number of phosphoric ester groups is 1. The molecule has 2 aliphatic rings. The molecule has 0 aromatic heterocycles. The lowest BCUT2D eigenvalue weighted by Crippen LogP contribution is -2.72. The Labute approximate surface area is 553 Å².